The average molecular weight is 249 g/mol. The molecule has 0 N–H and O–H groups in total. The van der Waals surface area contributed by atoms with Gasteiger partial charge in [0.05, 0.1) is 16.6 Å². The van der Waals surface area contributed by atoms with Crippen molar-refractivity contribution >= 4 is 10.9 Å². The molecule has 0 bridgehead atoms. The molecular formula is C15H11N3O. The number of benzene rings is 2. The molecule has 92 valence electrons. The second-order valence-corrected chi connectivity index (χ2v) is 4.38. The molecule has 0 aliphatic rings. The highest BCUT2D eigenvalue weighted by Gasteiger charge is 2.13. The summed E-state index contributed by atoms with van der Waals surface area (Å²) in [6.45, 7) is 1.98. The third kappa shape index (κ3) is 1.64. The lowest BCUT2D eigenvalue weighted by Crippen LogP contribution is -2.19. The van der Waals surface area contributed by atoms with E-state index in [1.807, 2.05) is 37.3 Å². The molecule has 1 heterocycles. The second-order valence-electron chi connectivity index (χ2n) is 4.38. The third-order valence-corrected chi connectivity index (χ3v) is 3.13. The monoisotopic (exact) mass is 249 g/mol. The highest BCUT2D eigenvalue weighted by atomic mass is 16.1. The SMILES string of the molecule is Cc1ccc(-n2c(=O)c3ccccc3n2C#N)cc1. The van der Waals surface area contributed by atoms with E-state index >= 15 is 0 Å². The van der Waals surface area contributed by atoms with Gasteiger partial charge in [0, 0.05) is 0 Å². The zero-order chi connectivity index (χ0) is 13.4. The van der Waals surface area contributed by atoms with E-state index in [0.717, 1.165) is 5.56 Å². The first kappa shape index (κ1) is 11.3. The van der Waals surface area contributed by atoms with Crippen LogP contribution in [0.5, 0.6) is 0 Å². The summed E-state index contributed by atoms with van der Waals surface area (Å²) < 4.78 is 2.71. The summed E-state index contributed by atoms with van der Waals surface area (Å²) in [6, 6.07) is 14.6. The Bertz CT molecular complexity index is 848. The first-order chi connectivity index (χ1) is 9.22. The highest BCUT2D eigenvalue weighted by Crippen LogP contribution is 2.14. The van der Waals surface area contributed by atoms with Crippen LogP contribution in [0.2, 0.25) is 0 Å². The van der Waals surface area contributed by atoms with Crippen molar-refractivity contribution in [3.05, 3.63) is 64.4 Å². The van der Waals surface area contributed by atoms with E-state index in [2.05, 4.69) is 6.19 Å². The van der Waals surface area contributed by atoms with Crippen molar-refractivity contribution < 1.29 is 0 Å². The maximum atomic E-state index is 12.4. The molecule has 0 unspecified atom stereocenters. The average Bonchev–Trinajstić information content (AvgIpc) is 2.73. The maximum Gasteiger partial charge on any atom is 0.280 e. The van der Waals surface area contributed by atoms with E-state index in [4.69, 9.17) is 0 Å². The summed E-state index contributed by atoms with van der Waals surface area (Å²) in [4.78, 5) is 12.4. The number of aromatic nitrogens is 2. The van der Waals surface area contributed by atoms with Crippen molar-refractivity contribution in [3.8, 4) is 11.9 Å². The molecule has 4 nitrogen and oxygen atoms in total. The number of hydrogen-bond donors (Lipinski definition) is 0. The Morgan fingerprint density at radius 2 is 1.74 bits per heavy atom. The lowest BCUT2D eigenvalue weighted by atomic mass is 10.2. The topological polar surface area (TPSA) is 50.7 Å². The zero-order valence-electron chi connectivity index (χ0n) is 10.4. The predicted molar refractivity (Wildman–Crippen MR) is 73.3 cm³/mol. The molecule has 3 rings (SSSR count). The van der Waals surface area contributed by atoms with Gasteiger partial charge in [-0.25, -0.2) is 4.68 Å². The van der Waals surface area contributed by atoms with Crippen molar-refractivity contribution in [2.75, 3.05) is 0 Å². The van der Waals surface area contributed by atoms with Crippen LogP contribution in [-0.2, 0) is 0 Å². The molecule has 0 atom stereocenters. The van der Waals surface area contributed by atoms with E-state index in [1.165, 1.54) is 9.36 Å². The first-order valence-electron chi connectivity index (χ1n) is 5.92. The van der Waals surface area contributed by atoms with Crippen LogP contribution in [0.1, 0.15) is 5.56 Å². The lowest BCUT2D eigenvalue weighted by Gasteiger charge is -2.05. The van der Waals surface area contributed by atoms with Gasteiger partial charge < -0.3 is 0 Å². The molecule has 0 aliphatic heterocycles. The number of para-hydroxylation sites is 1. The van der Waals surface area contributed by atoms with E-state index in [9.17, 15) is 10.1 Å². The molecule has 0 fully saturated rings. The fourth-order valence-electron chi connectivity index (χ4n) is 2.17. The zero-order valence-corrected chi connectivity index (χ0v) is 10.4. The Kier molecular flexibility index (Phi) is 2.46. The fourth-order valence-corrected chi connectivity index (χ4v) is 2.17. The second kappa shape index (κ2) is 4.14. The quantitative estimate of drug-likeness (QED) is 0.665. The number of nitrogens with zero attached hydrogens (tertiary/aromatic N) is 3. The van der Waals surface area contributed by atoms with Crippen LogP contribution in [0.3, 0.4) is 0 Å². The van der Waals surface area contributed by atoms with Crippen LogP contribution in [0.15, 0.2) is 53.3 Å². The first-order valence-corrected chi connectivity index (χ1v) is 5.92. The summed E-state index contributed by atoms with van der Waals surface area (Å²) in [7, 11) is 0. The van der Waals surface area contributed by atoms with Gasteiger partial charge in [-0.15, -0.1) is 0 Å². The Hall–Kier alpha value is -2.80. The molecule has 0 saturated carbocycles. The van der Waals surface area contributed by atoms with E-state index < -0.39 is 0 Å². The predicted octanol–water partition coefficient (Wildman–Crippen LogP) is 2.43. The third-order valence-electron chi connectivity index (χ3n) is 3.13. The Balaban J connectivity index is 2.41. The van der Waals surface area contributed by atoms with E-state index in [-0.39, 0.29) is 5.56 Å². The molecule has 1 aromatic heterocycles. The summed E-state index contributed by atoms with van der Waals surface area (Å²) >= 11 is 0. The summed E-state index contributed by atoms with van der Waals surface area (Å²) in [5.74, 6) is 0. The van der Waals surface area contributed by atoms with Crippen molar-refractivity contribution in [3.63, 3.8) is 0 Å². The van der Waals surface area contributed by atoms with Gasteiger partial charge in [-0.1, -0.05) is 29.8 Å². The fraction of sp³-hybridized carbons (Fsp3) is 0.0667. The molecule has 0 aliphatic carbocycles. The van der Waals surface area contributed by atoms with Gasteiger partial charge >= 0.3 is 0 Å². The molecule has 2 aromatic carbocycles. The van der Waals surface area contributed by atoms with Crippen LogP contribution in [-0.4, -0.2) is 9.36 Å². The van der Waals surface area contributed by atoms with Gasteiger partial charge in [-0.05, 0) is 31.2 Å². The minimum atomic E-state index is -0.180. The number of hydrogen-bond acceptors (Lipinski definition) is 2. The van der Waals surface area contributed by atoms with Gasteiger partial charge in [0.2, 0.25) is 6.19 Å². The normalized spacial score (nSPS) is 10.5. The maximum absolute atomic E-state index is 12.4. The summed E-state index contributed by atoms with van der Waals surface area (Å²) in [5.41, 5.74) is 2.24. The minimum absolute atomic E-state index is 0.180. The summed E-state index contributed by atoms with van der Waals surface area (Å²) in [5, 5.41) is 9.84. The van der Waals surface area contributed by atoms with Gasteiger partial charge in [-0.2, -0.15) is 9.94 Å². The highest BCUT2D eigenvalue weighted by molar-refractivity contribution is 5.79. The van der Waals surface area contributed by atoms with Gasteiger partial charge in [0.1, 0.15) is 0 Å². The van der Waals surface area contributed by atoms with Crippen molar-refractivity contribution in [1.82, 2.24) is 9.36 Å². The largest absolute Gasteiger partial charge is 0.280 e. The number of fused-ring (bicyclic) bond motifs is 1. The molecular weight excluding hydrogens is 238 g/mol. The standard InChI is InChI=1S/C15H11N3O/c1-11-6-8-12(9-7-11)18-15(19)13-4-2-3-5-14(13)17(18)10-16/h2-9H,1H3. The molecule has 0 radical (unpaired) electrons. The van der Waals surface area contributed by atoms with Crippen LogP contribution in [0.25, 0.3) is 16.6 Å². The van der Waals surface area contributed by atoms with E-state index in [0.29, 0.717) is 16.6 Å². The minimum Gasteiger partial charge on any atom is -0.267 e. The van der Waals surface area contributed by atoms with Crippen molar-refractivity contribution in [1.29, 1.82) is 5.26 Å². The molecule has 4 heteroatoms. The van der Waals surface area contributed by atoms with Crippen molar-refractivity contribution in [2.24, 2.45) is 0 Å². The van der Waals surface area contributed by atoms with Crippen LogP contribution in [0.4, 0.5) is 0 Å². The number of nitriles is 1. The molecule has 0 spiro atoms. The number of aryl methyl sites for hydroxylation is 1. The molecule has 19 heavy (non-hydrogen) atoms. The smallest absolute Gasteiger partial charge is 0.267 e. The van der Waals surface area contributed by atoms with Gasteiger partial charge in [0.25, 0.3) is 5.56 Å². The molecule has 0 saturated heterocycles. The molecule has 3 aromatic rings. The van der Waals surface area contributed by atoms with E-state index in [1.54, 1.807) is 18.2 Å². The number of rotatable bonds is 1. The van der Waals surface area contributed by atoms with Crippen LogP contribution >= 0.6 is 0 Å². The Morgan fingerprint density at radius 1 is 1.05 bits per heavy atom. The molecule has 0 amide bonds. The Labute approximate surface area is 109 Å². The van der Waals surface area contributed by atoms with Gasteiger partial charge in [0.15, 0.2) is 0 Å². The van der Waals surface area contributed by atoms with Crippen LogP contribution < -0.4 is 5.56 Å². The van der Waals surface area contributed by atoms with Gasteiger partial charge in [-0.3, -0.25) is 4.79 Å². The van der Waals surface area contributed by atoms with Crippen LogP contribution in [0, 0.1) is 18.4 Å². The summed E-state index contributed by atoms with van der Waals surface area (Å²) in [6.07, 6.45) is 2.05. The van der Waals surface area contributed by atoms with Crippen molar-refractivity contribution in [2.45, 2.75) is 6.92 Å². The lowest BCUT2D eigenvalue weighted by molar-refractivity contribution is 0.753. The Morgan fingerprint density at radius 3 is 2.42 bits per heavy atom.